The fourth-order valence-electron chi connectivity index (χ4n) is 3.52. The van der Waals surface area contributed by atoms with Gasteiger partial charge in [-0.05, 0) is 42.7 Å². The van der Waals surface area contributed by atoms with Gasteiger partial charge in [-0.1, -0.05) is 36.4 Å². The molecule has 1 atom stereocenters. The zero-order chi connectivity index (χ0) is 20.1. The van der Waals surface area contributed by atoms with Gasteiger partial charge in [-0.2, -0.15) is 5.10 Å². The van der Waals surface area contributed by atoms with Crippen molar-refractivity contribution in [2.45, 2.75) is 26.0 Å². The van der Waals surface area contributed by atoms with Crippen molar-refractivity contribution in [2.24, 2.45) is 0 Å². The summed E-state index contributed by atoms with van der Waals surface area (Å²) in [6, 6.07) is 17.4. The van der Waals surface area contributed by atoms with Crippen molar-refractivity contribution in [3.8, 4) is 5.75 Å². The molecule has 1 N–H and O–H groups in total. The van der Waals surface area contributed by atoms with Gasteiger partial charge >= 0.3 is 0 Å². The minimum Gasteiger partial charge on any atom is -0.494 e. The fraction of sp³-hybridized carbons (Fsp3) is 0.304. The molecule has 1 aromatic heterocycles. The van der Waals surface area contributed by atoms with Crippen LogP contribution < -0.4 is 10.1 Å². The second-order valence-electron chi connectivity index (χ2n) is 7.00. The molecule has 0 aliphatic carbocycles. The quantitative estimate of drug-likeness (QED) is 0.671. The second-order valence-corrected chi connectivity index (χ2v) is 7.00. The molecule has 2 heterocycles. The molecule has 3 aromatic rings. The Hall–Kier alpha value is -3.12. The van der Waals surface area contributed by atoms with Crippen LogP contribution in [0.2, 0.25) is 0 Å². The maximum absolute atomic E-state index is 12.6. The summed E-state index contributed by atoms with van der Waals surface area (Å²) in [6.07, 6.45) is 2.69. The van der Waals surface area contributed by atoms with Crippen LogP contribution in [-0.4, -0.2) is 35.4 Å². The van der Waals surface area contributed by atoms with Crippen LogP contribution in [0.5, 0.6) is 5.75 Å². The first-order chi connectivity index (χ1) is 14.2. The zero-order valence-corrected chi connectivity index (χ0v) is 16.5. The molecule has 6 heteroatoms. The largest absolute Gasteiger partial charge is 0.494 e. The lowest BCUT2D eigenvalue weighted by molar-refractivity contribution is 0.0383. The highest BCUT2D eigenvalue weighted by Crippen LogP contribution is 2.25. The maximum atomic E-state index is 12.6. The summed E-state index contributed by atoms with van der Waals surface area (Å²) < 4.78 is 13.3. The SMILES string of the molecule is CCOc1cccc(C(=O)NC[C@@H]2OCCc3cn(Cc4ccccc4)nc32)c1. The number of rotatable bonds is 7. The molecule has 29 heavy (non-hydrogen) atoms. The summed E-state index contributed by atoms with van der Waals surface area (Å²) in [5, 5.41) is 7.71. The molecule has 1 aliphatic rings. The van der Waals surface area contributed by atoms with E-state index in [1.807, 2.05) is 41.9 Å². The van der Waals surface area contributed by atoms with E-state index in [0.717, 1.165) is 18.7 Å². The van der Waals surface area contributed by atoms with Gasteiger partial charge in [0, 0.05) is 18.3 Å². The molecule has 0 saturated carbocycles. The molecule has 0 unspecified atom stereocenters. The Kier molecular flexibility index (Phi) is 5.91. The third-order valence-electron chi connectivity index (χ3n) is 4.91. The van der Waals surface area contributed by atoms with Crippen molar-refractivity contribution in [1.29, 1.82) is 0 Å². The lowest BCUT2D eigenvalue weighted by Gasteiger charge is -2.22. The fourth-order valence-corrected chi connectivity index (χ4v) is 3.52. The van der Waals surface area contributed by atoms with Crippen LogP contribution in [0.25, 0.3) is 0 Å². The molecule has 0 bridgehead atoms. The van der Waals surface area contributed by atoms with Crippen LogP contribution in [0.15, 0.2) is 60.8 Å². The number of nitrogens with zero attached hydrogens (tertiary/aromatic N) is 2. The van der Waals surface area contributed by atoms with Crippen LogP contribution in [0.3, 0.4) is 0 Å². The molecule has 4 rings (SSSR count). The summed E-state index contributed by atoms with van der Waals surface area (Å²) in [5.41, 5.74) is 3.87. The van der Waals surface area contributed by atoms with Crippen molar-refractivity contribution in [1.82, 2.24) is 15.1 Å². The smallest absolute Gasteiger partial charge is 0.251 e. The van der Waals surface area contributed by atoms with Gasteiger partial charge < -0.3 is 14.8 Å². The monoisotopic (exact) mass is 391 g/mol. The predicted octanol–water partition coefficient (Wildman–Crippen LogP) is 3.37. The number of ether oxygens (including phenoxy) is 2. The van der Waals surface area contributed by atoms with Gasteiger partial charge in [-0.25, -0.2) is 0 Å². The molecular weight excluding hydrogens is 366 g/mol. The number of carbonyl (C=O) groups is 1. The Morgan fingerprint density at radius 3 is 2.93 bits per heavy atom. The van der Waals surface area contributed by atoms with Gasteiger partial charge in [0.1, 0.15) is 11.9 Å². The van der Waals surface area contributed by atoms with Crippen molar-refractivity contribution >= 4 is 5.91 Å². The lowest BCUT2D eigenvalue weighted by atomic mass is 10.1. The highest BCUT2D eigenvalue weighted by Gasteiger charge is 2.25. The van der Waals surface area contributed by atoms with E-state index in [4.69, 9.17) is 14.6 Å². The number of fused-ring (bicyclic) bond motifs is 1. The van der Waals surface area contributed by atoms with Crippen LogP contribution in [0.1, 0.15) is 40.2 Å². The number of aromatic nitrogens is 2. The van der Waals surface area contributed by atoms with Crippen molar-refractivity contribution in [3.05, 3.63) is 83.2 Å². The number of hydrogen-bond acceptors (Lipinski definition) is 4. The summed E-state index contributed by atoms with van der Waals surface area (Å²) in [4.78, 5) is 12.6. The average molecular weight is 391 g/mol. The first-order valence-corrected chi connectivity index (χ1v) is 9.95. The van der Waals surface area contributed by atoms with Gasteiger partial charge in [0.15, 0.2) is 0 Å². The van der Waals surface area contributed by atoms with Crippen LogP contribution >= 0.6 is 0 Å². The Labute approximate surface area is 170 Å². The molecule has 1 aliphatic heterocycles. The van der Waals surface area contributed by atoms with E-state index >= 15 is 0 Å². The normalized spacial score (nSPS) is 15.6. The number of nitrogens with one attached hydrogen (secondary N) is 1. The molecular formula is C23H25N3O3. The van der Waals surface area contributed by atoms with Gasteiger partial charge in [-0.15, -0.1) is 0 Å². The van der Waals surface area contributed by atoms with Crippen LogP contribution in [0.4, 0.5) is 0 Å². The molecule has 150 valence electrons. The summed E-state index contributed by atoms with van der Waals surface area (Å²) in [6.45, 7) is 4.21. The summed E-state index contributed by atoms with van der Waals surface area (Å²) in [5.74, 6) is 0.544. The third-order valence-corrected chi connectivity index (χ3v) is 4.91. The van der Waals surface area contributed by atoms with E-state index in [2.05, 4.69) is 23.6 Å². The highest BCUT2D eigenvalue weighted by molar-refractivity contribution is 5.94. The average Bonchev–Trinajstić information content (AvgIpc) is 3.16. The molecule has 0 fully saturated rings. The zero-order valence-electron chi connectivity index (χ0n) is 16.5. The van der Waals surface area contributed by atoms with Gasteiger partial charge in [0.25, 0.3) is 5.91 Å². The first-order valence-electron chi connectivity index (χ1n) is 9.95. The van der Waals surface area contributed by atoms with Crippen LogP contribution in [-0.2, 0) is 17.7 Å². The number of amides is 1. The highest BCUT2D eigenvalue weighted by atomic mass is 16.5. The Balaban J connectivity index is 1.42. The Morgan fingerprint density at radius 1 is 1.24 bits per heavy atom. The molecule has 1 amide bonds. The lowest BCUT2D eigenvalue weighted by Crippen LogP contribution is -2.32. The topological polar surface area (TPSA) is 65.4 Å². The maximum Gasteiger partial charge on any atom is 0.251 e. The molecule has 0 saturated heterocycles. The summed E-state index contributed by atoms with van der Waals surface area (Å²) >= 11 is 0. The van der Waals surface area contributed by atoms with E-state index < -0.39 is 0 Å². The minimum absolute atomic E-state index is 0.147. The van der Waals surface area contributed by atoms with Crippen molar-refractivity contribution in [3.63, 3.8) is 0 Å². The van der Waals surface area contributed by atoms with Crippen LogP contribution in [0, 0.1) is 0 Å². The predicted molar refractivity (Wildman–Crippen MR) is 110 cm³/mol. The van der Waals surface area contributed by atoms with E-state index in [0.29, 0.717) is 31.1 Å². The van der Waals surface area contributed by atoms with Gasteiger partial charge in [-0.3, -0.25) is 9.48 Å². The Bertz CT molecular complexity index is 969. The standard InChI is InChI=1S/C23H25N3O3/c1-2-28-20-10-6-9-18(13-20)23(27)24-14-21-22-19(11-12-29-21)16-26(25-22)15-17-7-4-3-5-8-17/h3-10,13,16,21H,2,11-12,14-15H2,1H3,(H,24,27)/t21-/m0/s1. The molecule has 6 nitrogen and oxygen atoms in total. The Morgan fingerprint density at radius 2 is 2.10 bits per heavy atom. The minimum atomic E-state index is -0.241. The number of benzene rings is 2. The first kappa shape index (κ1) is 19.2. The number of hydrogen-bond donors (Lipinski definition) is 1. The van der Waals surface area contributed by atoms with E-state index in [1.54, 1.807) is 12.1 Å². The van der Waals surface area contributed by atoms with Crippen molar-refractivity contribution in [2.75, 3.05) is 19.8 Å². The van der Waals surface area contributed by atoms with E-state index in [9.17, 15) is 4.79 Å². The number of carbonyl (C=O) groups excluding carboxylic acids is 1. The second kappa shape index (κ2) is 8.92. The van der Waals surface area contributed by atoms with Crippen molar-refractivity contribution < 1.29 is 14.3 Å². The van der Waals surface area contributed by atoms with E-state index in [-0.39, 0.29) is 12.0 Å². The van der Waals surface area contributed by atoms with Gasteiger partial charge in [0.2, 0.25) is 0 Å². The molecule has 0 radical (unpaired) electrons. The van der Waals surface area contributed by atoms with Gasteiger partial charge in [0.05, 0.1) is 25.5 Å². The third kappa shape index (κ3) is 4.66. The van der Waals surface area contributed by atoms with E-state index in [1.165, 1.54) is 11.1 Å². The molecule has 2 aromatic carbocycles. The summed E-state index contributed by atoms with van der Waals surface area (Å²) in [7, 11) is 0. The molecule has 0 spiro atoms.